The zero-order valence-electron chi connectivity index (χ0n) is 23.6. The Morgan fingerprint density at radius 2 is 1.74 bits per heavy atom. The van der Waals surface area contributed by atoms with Crippen molar-refractivity contribution >= 4 is 34.8 Å². The molecule has 39 heavy (non-hydrogen) atoms. The summed E-state index contributed by atoms with van der Waals surface area (Å²) in [6.45, 7) is 11.1. The van der Waals surface area contributed by atoms with Gasteiger partial charge in [0.2, 0.25) is 11.6 Å². The Morgan fingerprint density at radius 3 is 2.36 bits per heavy atom. The van der Waals surface area contributed by atoms with Gasteiger partial charge < -0.3 is 19.2 Å². The lowest BCUT2D eigenvalue weighted by Gasteiger charge is -2.16. The zero-order valence-corrected chi connectivity index (χ0v) is 23.6. The number of ether oxygens (including phenoxy) is 2. The number of hydrogen-bond acceptors (Lipinski definition) is 9. The summed E-state index contributed by atoms with van der Waals surface area (Å²) in [6, 6.07) is 9.58. The van der Waals surface area contributed by atoms with E-state index in [1.54, 1.807) is 14.0 Å². The van der Waals surface area contributed by atoms with E-state index >= 15 is 0 Å². The number of rotatable bonds is 8. The van der Waals surface area contributed by atoms with Gasteiger partial charge in [0, 0.05) is 23.2 Å². The molecular formula is C30H36N2O7. The molecule has 1 aromatic heterocycles. The van der Waals surface area contributed by atoms with Crippen molar-refractivity contribution in [3.8, 4) is 11.3 Å². The van der Waals surface area contributed by atoms with Crippen LogP contribution in [0.25, 0.3) is 22.1 Å². The lowest BCUT2D eigenvalue weighted by atomic mass is 9.83. The van der Waals surface area contributed by atoms with Crippen LogP contribution >= 0.6 is 0 Å². The number of aryl methyl sites for hydroxylation is 1. The van der Waals surface area contributed by atoms with Gasteiger partial charge in [-0.2, -0.15) is 0 Å². The van der Waals surface area contributed by atoms with Crippen molar-refractivity contribution in [1.82, 2.24) is 10.2 Å². The Hall–Kier alpha value is -3.82. The fourth-order valence-corrected chi connectivity index (χ4v) is 4.33. The van der Waals surface area contributed by atoms with E-state index < -0.39 is 11.6 Å². The lowest BCUT2D eigenvalue weighted by Crippen LogP contribution is -2.27. The normalized spacial score (nSPS) is 12.5. The standard InChI is InChI=1S/C25H26N2O5.C5H10O2/c1-14-6-5-7-17-16(14)8-9-18-22(17)24(30)23(29)21-15(2)19(32-25(18)21)13-27(4)10-11-31-20(28)12-26-3;1-5(2,3)7-4-6/h5-9,26H,10-13H2,1-4H3;4H,1-3H3. The van der Waals surface area contributed by atoms with E-state index in [2.05, 4.69) is 10.1 Å². The van der Waals surface area contributed by atoms with Crippen LogP contribution in [0.2, 0.25) is 0 Å². The number of esters is 1. The molecule has 1 N–H and O–H groups in total. The minimum Gasteiger partial charge on any atom is -0.463 e. The minimum absolute atomic E-state index is 0.164. The summed E-state index contributed by atoms with van der Waals surface area (Å²) in [5, 5.41) is 4.47. The summed E-state index contributed by atoms with van der Waals surface area (Å²) in [5.74, 6) is -0.262. The van der Waals surface area contributed by atoms with E-state index in [0.29, 0.717) is 53.3 Å². The number of benzene rings is 2. The Balaban J connectivity index is 0.000000532. The van der Waals surface area contributed by atoms with Gasteiger partial charge in [-0.1, -0.05) is 24.3 Å². The fraction of sp³-hybridized carbons (Fsp3) is 0.400. The number of nitrogens with zero attached hydrogens (tertiary/aromatic N) is 1. The monoisotopic (exact) mass is 536 g/mol. The molecule has 0 aliphatic heterocycles. The highest BCUT2D eigenvalue weighted by atomic mass is 16.5. The van der Waals surface area contributed by atoms with E-state index in [1.807, 2.05) is 70.0 Å². The van der Waals surface area contributed by atoms with E-state index in [9.17, 15) is 19.2 Å². The Labute approximate surface area is 228 Å². The van der Waals surface area contributed by atoms with Crippen LogP contribution < -0.4 is 5.32 Å². The van der Waals surface area contributed by atoms with Crippen LogP contribution in [0.3, 0.4) is 0 Å². The van der Waals surface area contributed by atoms with Crippen LogP contribution in [0.5, 0.6) is 0 Å². The van der Waals surface area contributed by atoms with Crippen LogP contribution in [-0.4, -0.2) is 68.3 Å². The third-order valence-corrected chi connectivity index (χ3v) is 6.30. The number of nitrogens with one attached hydrogen (secondary N) is 1. The van der Waals surface area contributed by atoms with Crippen LogP contribution in [0.4, 0.5) is 0 Å². The first-order chi connectivity index (χ1) is 18.4. The first-order valence-corrected chi connectivity index (χ1v) is 12.7. The average molecular weight is 537 g/mol. The molecule has 0 fully saturated rings. The highest BCUT2D eigenvalue weighted by molar-refractivity contribution is 6.54. The molecule has 1 heterocycles. The predicted molar refractivity (Wildman–Crippen MR) is 148 cm³/mol. The molecule has 0 bridgehead atoms. The van der Waals surface area contributed by atoms with Crippen LogP contribution in [-0.2, 0) is 25.6 Å². The van der Waals surface area contributed by atoms with E-state index in [-0.39, 0.29) is 24.7 Å². The topological polar surface area (TPSA) is 115 Å². The zero-order chi connectivity index (χ0) is 28.9. The first-order valence-electron chi connectivity index (χ1n) is 12.7. The number of ketones is 2. The second-order valence-electron chi connectivity index (χ2n) is 10.5. The summed E-state index contributed by atoms with van der Waals surface area (Å²) < 4.78 is 15.9. The van der Waals surface area contributed by atoms with E-state index in [1.165, 1.54) is 0 Å². The third-order valence-electron chi connectivity index (χ3n) is 6.30. The van der Waals surface area contributed by atoms with Gasteiger partial charge in [0.15, 0.2) is 0 Å². The number of likely N-dealkylation sites (N-methyl/N-ethyl adjacent to an activating group) is 2. The second kappa shape index (κ2) is 12.4. The number of Topliss-reactive ketones (excluding diaryl/α,β-unsaturated/α-hetero) is 2. The maximum absolute atomic E-state index is 13.1. The van der Waals surface area contributed by atoms with Gasteiger partial charge in [-0.25, -0.2) is 0 Å². The molecule has 0 saturated carbocycles. The SMILES string of the molecule is CC(C)(C)OC=O.CNCC(=O)OCCN(C)Cc1oc2c(c1C)C(=O)C(=O)c1c-2ccc2c(C)cccc12. The molecular weight excluding hydrogens is 500 g/mol. The number of furan rings is 1. The molecule has 9 nitrogen and oxygen atoms in total. The summed E-state index contributed by atoms with van der Waals surface area (Å²) in [5.41, 5.74) is 2.81. The van der Waals surface area contributed by atoms with Crippen LogP contribution in [0.1, 0.15) is 58.4 Å². The smallest absolute Gasteiger partial charge is 0.319 e. The Bertz CT molecular complexity index is 1400. The van der Waals surface area contributed by atoms with Gasteiger partial charge >= 0.3 is 5.97 Å². The number of carbonyl (C=O) groups is 4. The van der Waals surface area contributed by atoms with Crippen molar-refractivity contribution < 1.29 is 33.1 Å². The van der Waals surface area contributed by atoms with E-state index in [0.717, 1.165) is 16.3 Å². The summed E-state index contributed by atoms with van der Waals surface area (Å²) in [7, 11) is 3.56. The summed E-state index contributed by atoms with van der Waals surface area (Å²) in [6.07, 6.45) is 0. The van der Waals surface area contributed by atoms with Crippen molar-refractivity contribution in [2.75, 3.05) is 33.8 Å². The summed E-state index contributed by atoms with van der Waals surface area (Å²) in [4.78, 5) is 49.2. The molecule has 3 aromatic rings. The maximum Gasteiger partial charge on any atom is 0.319 e. The van der Waals surface area contributed by atoms with Crippen molar-refractivity contribution in [2.24, 2.45) is 0 Å². The molecule has 0 atom stereocenters. The fourth-order valence-electron chi connectivity index (χ4n) is 4.33. The van der Waals surface area contributed by atoms with Crippen molar-refractivity contribution in [3.05, 3.63) is 58.3 Å². The number of hydrogen-bond donors (Lipinski definition) is 1. The molecule has 4 rings (SSSR count). The first kappa shape index (κ1) is 29.7. The minimum atomic E-state index is -0.530. The molecule has 1 aliphatic carbocycles. The quantitative estimate of drug-likeness (QED) is 0.256. The molecule has 2 aromatic carbocycles. The molecule has 1 aliphatic rings. The highest BCUT2D eigenvalue weighted by Gasteiger charge is 2.37. The van der Waals surface area contributed by atoms with Crippen LogP contribution in [0, 0.1) is 13.8 Å². The van der Waals surface area contributed by atoms with Crippen LogP contribution in [0.15, 0.2) is 34.7 Å². The lowest BCUT2D eigenvalue weighted by molar-refractivity contribution is -0.143. The molecule has 208 valence electrons. The van der Waals surface area contributed by atoms with Crippen molar-refractivity contribution in [2.45, 2.75) is 46.8 Å². The van der Waals surface area contributed by atoms with Gasteiger partial charge in [-0.05, 0) is 71.1 Å². The van der Waals surface area contributed by atoms with Gasteiger partial charge in [0.1, 0.15) is 23.7 Å². The van der Waals surface area contributed by atoms with Crippen molar-refractivity contribution in [1.29, 1.82) is 0 Å². The molecule has 0 amide bonds. The maximum atomic E-state index is 13.1. The Morgan fingerprint density at radius 1 is 1.05 bits per heavy atom. The largest absolute Gasteiger partial charge is 0.463 e. The molecule has 0 spiro atoms. The number of fused-ring (bicyclic) bond motifs is 5. The predicted octanol–water partition coefficient (Wildman–Crippen LogP) is 4.25. The van der Waals surface area contributed by atoms with Gasteiger partial charge in [-0.3, -0.25) is 24.1 Å². The summed E-state index contributed by atoms with van der Waals surface area (Å²) >= 11 is 0. The molecule has 0 unspecified atom stereocenters. The second-order valence-corrected chi connectivity index (χ2v) is 10.5. The number of carbonyl (C=O) groups excluding carboxylic acids is 4. The molecule has 9 heteroatoms. The van der Waals surface area contributed by atoms with Gasteiger partial charge in [0.25, 0.3) is 6.47 Å². The molecule has 0 radical (unpaired) electrons. The Kier molecular flexibility index (Phi) is 9.42. The van der Waals surface area contributed by atoms with Crippen molar-refractivity contribution in [3.63, 3.8) is 0 Å². The highest BCUT2D eigenvalue weighted by Crippen LogP contribution is 2.41. The third kappa shape index (κ3) is 6.79. The molecule has 0 saturated heterocycles. The van der Waals surface area contributed by atoms with Gasteiger partial charge in [0.05, 0.1) is 18.7 Å². The van der Waals surface area contributed by atoms with E-state index in [4.69, 9.17) is 9.15 Å². The average Bonchev–Trinajstić information content (AvgIpc) is 3.18. The van der Waals surface area contributed by atoms with Gasteiger partial charge in [-0.15, -0.1) is 0 Å².